The first kappa shape index (κ1) is 44.2. The second-order valence-corrected chi connectivity index (χ2v) is 18.2. The molecule has 2 aromatic rings. The number of carbonyl (C=O) groups is 3. The van der Waals surface area contributed by atoms with E-state index in [2.05, 4.69) is 20.1 Å². The molecule has 17 heteroatoms. The summed E-state index contributed by atoms with van der Waals surface area (Å²) in [6.07, 6.45) is -1.29. The van der Waals surface area contributed by atoms with E-state index in [9.17, 15) is 19.5 Å². The maximum atomic E-state index is 14.9. The van der Waals surface area contributed by atoms with Crippen molar-refractivity contribution in [2.45, 2.75) is 141 Å². The number of Topliss-reactive ketones (excluding diaryl/α,β-unsaturated/α-hetero) is 1. The number of carbonyl (C=O) groups excluding carboxylic acids is 3. The Bertz CT molecular complexity index is 1940. The number of cyclic esters (lactones) is 1. The number of nitrogens with zero attached hydrogens (tertiary/aromatic N) is 6. The van der Waals surface area contributed by atoms with E-state index < -0.39 is 89.6 Å². The molecule has 1 N–H and O–H groups in total. The fourth-order valence-corrected chi connectivity index (χ4v) is 10.3. The van der Waals surface area contributed by atoms with Crippen LogP contribution >= 0.6 is 0 Å². The van der Waals surface area contributed by atoms with E-state index in [1.165, 1.54) is 4.90 Å². The first-order valence-electron chi connectivity index (χ1n) is 21.4. The predicted octanol–water partition coefficient (Wildman–Crippen LogP) is 3.93. The summed E-state index contributed by atoms with van der Waals surface area (Å²) >= 11 is 0. The first-order chi connectivity index (χ1) is 28.4. The van der Waals surface area contributed by atoms with Crippen LogP contribution in [-0.2, 0) is 49.5 Å². The van der Waals surface area contributed by atoms with E-state index in [0.29, 0.717) is 35.4 Å². The number of aliphatic hydroxyl groups excluding tert-OH is 1. The van der Waals surface area contributed by atoms with Crippen LogP contribution in [0, 0.1) is 29.6 Å². The van der Waals surface area contributed by atoms with Crippen molar-refractivity contribution >= 4 is 34.7 Å². The molecule has 7 rings (SSSR count). The van der Waals surface area contributed by atoms with Gasteiger partial charge in [-0.3, -0.25) is 19.5 Å². The molecule has 5 fully saturated rings. The van der Waals surface area contributed by atoms with Gasteiger partial charge in [-0.25, -0.2) is 14.8 Å². The Morgan fingerprint density at radius 1 is 1.03 bits per heavy atom. The molecule has 5 aliphatic rings. The average molecular weight is 839 g/mol. The van der Waals surface area contributed by atoms with E-state index in [0.717, 1.165) is 0 Å². The molecule has 5 saturated heterocycles. The molecule has 2 aromatic heterocycles. The molecule has 0 aromatic carbocycles. The molecule has 0 aliphatic carbocycles. The summed E-state index contributed by atoms with van der Waals surface area (Å²) in [6, 6.07) is 2.48. The second-order valence-electron chi connectivity index (χ2n) is 18.2. The highest BCUT2D eigenvalue weighted by Gasteiger charge is 2.61. The number of oxime groups is 1. The average Bonchev–Trinajstić information content (AvgIpc) is 3.49. The van der Waals surface area contributed by atoms with Gasteiger partial charge in [0, 0.05) is 42.1 Å². The normalized spacial score (nSPS) is 41.1. The van der Waals surface area contributed by atoms with E-state index in [1.54, 1.807) is 45.3 Å². The molecular formula is C43H62N6O11. The van der Waals surface area contributed by atoms with Gasteiger partial charge in [-0.15, -0.1) is 0 Å². The molecule has 330 valence electrons. The van der Waals surface area contributed by atoms with Crippen molar-refractivity contribution in [2.24, 2.45) is 34.7 Å². The molecular weight excluding hydrogens is 777 g/mol. The number of hydrogen-bond acceptors (Lipinski definition) is 16. The standard InChI is InChI=1S/C43H62N6O11/c1-11-32-43(8)36-24(4)33(50)22(2)17-42(7)37(59-40-34(51)31(48(9)10)16-23(3)57-40)25(5)35(26(6)39(52)58-32)54-19-27(20-55-42)30(18-49(36)41(53)60-43)47-56-21-28-12-13-29-38(46-28)45-15-14-44-29/h12-15,22-27,31-32,34-37,40,51H,11,16-21H2,1-10H3/b47-30-/t22-,23-,24+,25+,26-,27?,31+,32-,34-,35+,36+,37-,40+,42?,43?/m1/s1. The van der Waals surface area contributed by atoms with Gasteiger partial charge < -0.3 is 43.3 Å². The zero-order valence-electron chi connectivity index (χ0n) is 36.5. The number of esters is 1. The molecule has 7 heterocycles. The van der Waals surface area contributed by atoms with Gasteiger partial charge in [0.05, 0.1) is 67.0 Å². The van der Waals surface area contributed by atoms with Crippen LogP contribution in [0.5, 0.6) is 0 Å². The number of amides is 1. The number of pyridine rings is 1. The zero-order chi connectivity index (χ0) is 43.3. The lowest BCUT2D eigenvalue weighted by Gasteiger charge is -2.48. The highest BCUT2D eigenvalue weighted by Crippen LogP contribution is 2.45. The van der Waals surface area contributed by atoms with E-state index in [-0.39, 0.29) is 50.7 Å². The van der Waals surface area contributed by atoms with Gasteiger partial charge >= 0.3 is 12.1 Å². The maximum Gasteiger partial charge on any atom is 0.411 e. The molecule has 0 saturated carbocycles. The lowest BCUT2D eigenvalue weighted by atomic mass is 9.73. The fourth-order valence-electron chi connectivity index (χ4n) is 10.3. The largest absolute Gasteiger partial charge is 0.458 e. The van der Waals surface area contributed by atoms with Crippen LogP contribution in [0.25, 0.3) is 11.2 Å². The Morgan fingerprint density at radius 3 is 2.52 bits per heavy atom. The van der Waals surface area contributed by atoms with Crippen molar-refractivity contribution in [3.8, 4) is 0 Å². The highest BCUT2D eigenvalue weighted by molar-refractivity contribution is 5.92. The monoisotopic (exact) mass is 838 g/mol. The Balaban J connectivity index is 1.36. The Labute approximate surface area is 351 Å². The fraction of sp³-hybridized carbons (Fsp3) is 0.744. The highest BCUT2D eigenvalue weighted by atomic mass is 16.7. The summed E-state index contributed by atoms with van der Waals surface area (Å²) in [5.41, 5.74) is -0.553. The van der Waals surface area contributed by atoms with Crippen molar-refractivity contribution < 1.29 is 52.7 Å². The number of likely N-dealkylation sites (N-methyl/N-ethyl adjacent to an activating group) is 1. The van der Waals surface area contributed by atoms with Crippen LogP contribution in [0.15, 0.2) is 29.7 Å². The minimum atomic E-state index is -1.41. The van der Waals surface area contributed by atoms with Crippen molar-refractivity contribution in [1.82, 2.24) is 24.8 Å². The van der Waals surface area contributed by atoms with Crippen LogP contribution in [-0.4, -0.2) is 147 Å². The molecule has 15 atom stereocenters. The van der Waals surface area contributed by atoms with E-state index >= 15 is 0 Å². The summed E-state index contributed by atoms with van der Waals surface area (Å²) in [5, 5.41) is 16.4. The van der Waals surface area contributed by atoms with Gasteiger partial charge in [0.1, 0.15) is 23.5 Å². The van der Waals surface area contributed by atoms with Crippen LogP contribution in [0.4, 0.5) is 4.79 Å². The number of ketones is 1. The smallest absolute Gasteiger partial charge is 0.411 e. The summed E-state index contributed by atoms with van der Waals surface area (Å²) in [6.45, 7) is 14.8. The molecule has 3 unspecified atom stereocenters. The molecule has 5 aliphatic heterocycles. The Hall–Kier alpha value is -3.87. The minimum absolute atomic E-state index is 0.0182. The molecule has 6 bridgehead atoms. The number of rotatable bonds is 7. The minimum Gasteiger partial charge on any atom is -0.458 e. The second kappa shape index (κ2) is 17.5. The molecule has 0 spiro atoms. The number of fused-ring (bicyclic) bond motifs is 6. The summed E-state index contributed by atoms with van der Waals surface area (Å²) in [7, 11) is 3.82. The summed E-state index contributed by atoms with van der Waals surface area (Å²) in [5.74, 6) is -4.08. The van der Waals surface area contributed by atoms with Crippen molar-refractivity contribution in [2.75, 3.05) is 33.9 Å². The zero-order valence-corrected chi connectivity index (χ0v) is 36.5. The number of aliphatic hydroxyl groups is 1. The van der Waals surface area contributed by atoms with Gasteiger partial charge in [0.25, 0.3) is 0 Å². The lowest BCUT2D eigenvalue weighted by molar-refractivity contribution is -0.302. The molecule has 17 nitrogen and oxygen atoms in total. The van der Waals surface area contributed by atoms with E-state index in [1.807, 2.05) is 53.6 Å². The number of ether oxygens (including phenoxy) is 6. The third kappa shape index (κ3) is 8.37. The summed E-state index contributed by atoms with van der Waals surface area (Å²) < 4.78 is 39.8. The van der Waals surface area contributed by atoms with Crippen LogP contribution < -0.4 is 0 Å². The molecule has 60 heavy (non-hydrogen) atoms. The van der Waals surface area contributed by atoms with Crippen LogP contribution in [0.1, 0.15) is 80.3 Å². The third-order valence-corrected chi connectivity index (χ3v) is 13.6. The molecule has 0 radical (unpaired) electrons. The van der Waals surface area contributed by atoms with Crippen molar-refractivity contribution in [3.05, 3.63) is 30.2 Å². The Morgan fingerprint density at radius 2 is 1.78 bits per heavy atom. The van der Waals surface area contributed by atoms with Gasteiger partial charge in [0.2, 0.25) is 0 Å². The first-order valence-corrected chi connectivity index (χ1v) is 21.4. The quantitative estimate of drug-likeness (QED) is 0.311. The lowest BCUT2D eigenvalue weighted by Crippen LogP contribution is -2.61. The van der Waals surface area contributed by atoms with E-state index in [4.69, 9.17) is 33.3 Å². The predicted molar refractivity (Wildman–Crippen MR) is 216 cm³/mol. The maximum absolute atomic E-state index is 14.9. The van der Waals surface area contributed by atoms with Gasteiger partial charge in [-0.2, -0.15) is 0 Å². The van der Waals surface area contributed by atoms with Crippen molar-refractivity contribution in [3.63, 3.8) is 0 Å². The molecule has 1 amide bonds. The SMILES string of the molecule is CC[C@H]1OC(=O)[C@H](C)[C@H]2OCC3COC(C)(C[C@@H](C)C(=O)[C@H](C)[C@@H]4N(C/C3=N/OCc3ccc5nccnc5n3)C(=O)OC41C)[C@H](O[C@@H]1O[C@H](C)C[C@H](N(C)C)[C@H]1O)[C@H]2C. The Kier molecular flexibility index (Phi) is 12.9. The topological polar surface area (TPSA) is 194 Å². The summed E-state index contributed by atoms with van der Waals surface area (Å²) in [4.78, 5) is 66.2. The number of aromatic nitrogens is 3. The van der Waals surface area contributed by atoms with Gasteiger partial charge in [0.15, 0.2) is 24.1 Å². The van der Waals surface area contributed by atoms with Crippen molar-refractivity contribution in [1.29, 1.82) is 0 Å². The van der Waals surface area contributed by atoms with Gasteiger partial charge in [-0.1, -0.05) is 32.9 Å². The van der Waals surface area contributed by atoms with Crippen LogP contribution in [0.2, 0.25) is 0 Å². The third-order valence-electron chi connectivity index (χ3n) is 13.6. The van der Waals surface area contributed by atoms with Gasteiger partial charge in [-0.05, 0) is 73.2 Å². The van der Waals surface area contributed by atoms with Crippen LogP contribution in [0.3, 0.4) is 0 Å². The number of hydrogen-bond donors (Lipinski definition) is 1.